The van der Waals surface area contributed by atoms with E-state index in [0.29, 0.717) is 17.3 Å². The van der Waals surface area contributed by atoms with Crippen molar-refractivity contribution in [2.75, 3.05) is 5.73 Å². The third-order valence-corrected chi connectivity index (χ3v) is 2.89. The fraction of sp³-hybridized carbons (Fsp3) is 0.167. The largest absolute Gasteiger partial charge is 0.383 e. The lowest BCUT2D eigenvalue weighted by Gasteiger charge is -2.17. The first-order valence-corrected chi connectivity index (χ1v) is 5.84. The van der Waals surface area contributed by atoms with Crippen molar-refractivity contribution in [3.8, 4) is 0 Å². The number of nitrogens with two attached hydrogens (primary N) is 2. The Labute approximate surface area is 110 Å². The number of halogens is 1. The minimum atomic E-state index is -0.140. The molecule has 0 amide bonds. The highest BCUT2D eigenvalue weighted by molar-refractivity contribution is 6.30. The summed E-state index contributed by atoms with van der Waals surface area (Å²) in [6.45, 7) is 0. The predicted molar refractivity (Wildman–Crippen MR) is 71.7 cm³/mol. The van der Waals surface area contributed by atoms with Gasteiger partial charge in [-0.25, -0.2) is 4.98 Å². The third-order valence-electron chi connectivity index (χ3n) is 2.68. The molecule has 94 valence electrons. The molecule has 0 saturated carbocycles. The number of pyridine rings is 2. The van der Waals surface area contributed by atoms with E-state index in [0.717, 1.165) is 11.1 Å². The zero-order valence-corrected chi connectivity index (χ0v) is 10.4. The number of nitrogens with zero attached hydrogens (tertiary/aromatic N) is 2. The molecule has 0 radical (unpaired) electrons. The average molecular weight is 264 g/mol. The molecule has 0 aliphatic heterocycles. The first kappa shape index (κ1) is 12.8. The van der Waals surface area contributed by atoms with Crippen LogP contribution < -0.4 is 17.0 Å². The highest BCUT2D eigenvalue weighted by atomic mass is 35.5. The van der Waals surface area contributed by atoms with Gasteiger partial charge in [-0.15, -0.1) is 0 Å². The molecule has 2 aromatic heterocycles. The normalized spacial score (nSPS) is 12.3. The molecule has 0 bridgehead atoms. The molecule has 0 aliphatic carbocycles. The summed E-state index contributed by atoms with van der Waals surface area (Å²) < 4.78 is 0. The molecule has 5 N–H and O–H groups in total. The first-order chi connectivity index (χ1) is 8.70. The van der Waals surface area contributed by atoms with Crippen LogP contribution in [0.5, 0.6) is 0 Å². The summed E-state index contributed by atoms with van der Waals surface area (Å²) in [7, 11) is 0. The second-order valence-electron chi connectivity index (χ2n) is 3.91. The van der Waals surface area contributed by atoms with E-state index in [1.807, 2.05) is 12.1 Å². The molecule has 0 spiro atoms. The summed E-state index contributed by atoms with van der Waals surface area (Å²) in [6, 6.07) is 5.49. The Bertz CT molecular complexity index is 517. The van der Waals surface area contributed by atoms with Crippen LogP contribution in [0.3, 0.4) is 0 Å². The summed E-state index contributed by atoms with van der Waals surface area (Å²) in [5, 5.41) is 0.536. The Hall–Kier alpha value is -1.69. The van der Waals surface area contributed by atoms with Gasteiger partial charge in [0.1, 0.15) is 5.82 Å². The highest BCUT2D eigenvalue weighted by Gasteiger charge is 2.15. The lowest BCUT2D eigenvalue weighted by molar-refractivity contribution is 0.552. The monoisotopic (exact) mass is 263 g/mol. The standard InChI is InChI=1S/C12H14ClN5/c13-9-6-10(12(14)17-7-9)11(18-15)5-8-1-3-16-4-2-8/h1-4,6-7,11,18H,5,15H2,(H2,14,17). The maximum atomic E-state index is 5.92. The second-order valence-corrected chi connectivity index (χ2v) is 4.34. The first-order valence-electron chi connectivity index (χ1n) is 5.46. The van der Waals surface area contributed by atoms with Crippen molar-refractivity contribution in [2.24, 2.45) is 5.84 Å². The zero-order chi connectivity index (χ0) is 13.0. The fourth-order valence-corrected chi connectivity index (χ4v) is 1.92. The molecule has 6 heteroatoms. The average Bonchev–Trinajstić information content (AvgIpc) is 2.40. The Morgan fingerprint density at radius 2 is 2.06 bits per heavy atom. The number of hydrogen-bond donors (Lipinski definition) is 3. The van der Waals surface area contributed by atoms with Gasteiger partial charge in [0.2, 0.25) is 0 Å². The van der Waals surface area contributed by atoms with Gasteiger partial charge in [0.15, 0.2) is 0 Å². The van der Waals surface area contributed by atoms with Gasteiger partial charge in [0.25, 0.3) is 0 Å². The summed E-state index contributed by atoms with van der Waals surface area (Å²) in [6.07, 6.45) is 5.68. The maximum absolute atomic E-state index is 5.92. The zero-order valence-electron chi connectivity index (χ0n) is 9.68. The molecule has 5 nitrogen and oxygen atoms in total. The maximum Gasteiger partial charge on any atom is 0.128 e. The third kappa shape index (κ3) is 2.95. The minimum absolute atomic E-state index is 0.140. The van der Waals surface area contributed by atoms with Crippen LogP contribution in [-0.2, 0) is 6.42 Å². The van der Waals surface area contributed by atoms with Gasteiger partial charge in [-0.3, -0.25) is 16.3 Å². The number of hydrazine groups is 1. The quantitative estimate of drug-likeness (QED) is 0.574. The van der Waals surface area contributed by atoms with Crippen LogP contribution in [0.15, 0.2) is 36.8 Å². The number of anilines is 1. The predicted octanol–water partition coefficient (Wildman–Crippen LogP) is 1.46. The summed E-state index contributed by atoms with van der Waals surface area (Å²) in [4.78, 5) is 8.00. The molecule has 0 fully saturated rings. The molecule has 2 heterocycles. The van der Waals surface area contributed by atoms with Crippen LogP contribution in [0.25, 0.3) is 0 Å². The lowest BCUT2D eigenvalue weighted by Crippen LogP contribution is -2.30. The van der Waals surface area contributed by atoms with Crippen LogP contribution >= 0.6 is 11.6 Å². The van der Waals surface area contributed by atoms with E-state index in [1.165, 1.54) is 6.20 Å². The fourth-order valence-electron chi connectivity index (χ4n) is 1.76. The summed E-state index contributed by atoms with van der Waals surface area (Å²) in [5.74, 6) is 6.01. The van der Waals surface area contributed by atoms with Gasteiger partial charge < -0.3 is 5.73 Å². The Kier molecular flexibility index (Phi) is 4.09. The van der Waals surface area contributed by atoms with Gasteiger partial charge in [0.05, 0.1) is 11.1 Å². The summed E-state index contributed by atoms with van der Waals surface area (Å²) in [5.41, 5.74) is 10.5. The Morgan fingerprint density at radius 1 is 1.33 bits per heavy atom. The lowest BCUT2D eigenvalue weighted by atomic mass is 10.0. The minimum Gasteiger partial charge on any atom is -0.383 e. The highest BCUT2D eigenvalue weighted by Crippen LogP contribution is 2.24. The van der Waals surface area contributed by atoms with Gasteiger partial charge >= 0.3 is 0 Å². The number of rotatable bonds is 4. The van der Waals surface area contributed by atoms with E-state index in [4.69, 9.17) is 23.2 Å². The number of nitrogens with one attached hydrogen (secondary N) is 1. The molecule has 0 saturated heterocycles. The van der Waals surface area contributed by atoms with Gasteiger partial charge in [-0.05, 0) is 30.2 Å². The molecule has 1 unspecified atom stereocenters. The van der Waals surface area contributed by atoms with E-state index in [1.54, 1.807) is 18.5 Å². The van der Waals surface area contributed by atoms with Crippen molar-refractivity contribution in [3.05, 3.63) is 52.9 Å². The van der Waals surface area contributed by atoms with E-state index < -0.39 is 0 Å². The molecule has 18 heavy (non-hydrogen) atoms. The van der Waals surface area contributed by atoms with Crippen molar-refractivity contribution in [2.45, 2.75) is 12.5 Å². The Morgan fingerprint density at radius 3 is 2.72 bits per heavy atom. The van der Waals surface area contributed by atoms with Gasteiger partial charge in [-0.1, -0.05) is 11.6 Å². The van der Waals surface area contributed by atoms with Crippen LogP contribution in [0.4, 0.5) is 5.82 Å². The van der Waals surface area contributed by atoms with Gasteiger partial charge in [0, 0.05) is 24.2 Å². The van der Waals surface area contributed by atoms with Crippen LogP contribution in [-0.4, -0.2) is 9.97 Å². The number of aromatic nitrogens is 2. The van der Waals surface area contributed by atoms with Gasteiger partial charge in [-0.2, -0.15) is 0 Å². The van der Waals surface area contributed by atoms with E-state index in [9.17, 15) is 0 Å². The molecular weight excluding hydrogens is 250 g/mol. The second kappa shape index (κ2) is 5.77. The topological polar surface area (TPSA) is 89.8 Å². The van der Waals surface area contributed by atoms with Crippen molar-refractivity contribution < 1.29 is 0 Å². The SMILES string of the molecule is NNC(Cc1ccncc1)c1cc(Cl)cnc1N. The van der Waals surface area contributed by atoms with Crippen molar-refractivity contribution in [1.29, 1.82) is 0 Å². The van der Waals surface area contributed by atoms with E-state index in [-0.39, 0.29) is 6.04 Å². The van der Waals surface area contributed by atoms with Crippen LogP contribution in [0, 0.1) is 0 Å². The molecular formula is C12H14ClN5. The molecule has 2 aromatic rings. The van der Waals surface area contributed by atoms with Crippen molar-refractivity contribution >= 4 is 17.4 Å². The molecule has 1 atom stereocenters. The van der Waals surface area contributed by atoms with E-state index >= 15 is 0 Å². The molecule has 0 aliphatic rings. The smallest absolute Gasteiger partial charge is 0.128 e. The molecule has 0 aromatic carbocycles. The number of nitrogen functional groups attached to an aromatic ring is 1. The van der Waals surface area contributed by atoms with Crippen molar-refractivity contribution in [3.63, 3.8) is 0 Å². The Balaban J connectivity index is 2.26. The van der Waals surface area contributed by atoms with E-state index in [2.05, 4.69) is 15.4 Å². The van der Waals surface area contributed by atoms with Crippen LogP contribution in [0.1, 0.15) is 17.2 Å². The van der Waals surface area contributed by atoms with Crippen LogP contribution in [0.2, 0.25) is 5.02 Å². The number of hydrogen-bond acceptors (Lipinski definition) is 5. The summed E-state index contributed by atoms with van der Waals surface area (Å²) >= 11 is 5.92. The van der Waals surface area contributed by atoms with Crippen molar-refractivity contribution in [1.82, 2.24) is 15.4 Å². The molecule has 2 rings (SSSR count).